The smallest absolute Gasteiger partial charge is 0.341 e. The highest BCUT2D eigenvalue weighted by Gasteiger charge is 2.24. The molecule has 4 aromatic rings. The number of rotatable bonds is 8. The molecule has 0 saturated carbocycles. The van der Waals surface area contributed by atoms with Crippen LogP contribution in [0.4, 0.5) is 11.9 Å². The van der Waals surface area contributed by atoms with E-state index in [1.165, 1.54) is 12.4 Å². The summed E-state index contributed by atoms with van der Waals surface area (Å²) in [6.07, 6.45) is 4.80. The van der Waals surface area contributed by atoms with Crippen molar-refractivity contribution in [2.45, 2.75) is 19.6 Å². The molecule has 0 radical (unpaired) electrons. The highest BCUT2D eigenvalue weighted by molar-refractivity contribution is 7.19. The van der Waals surface area contributed by atoms with E-state index in [1.807, 2.05) is 42.4 Å². The quantitative estimate of drug-likeness (QED) is 0.318. The van der Waals surface area contributed by atoms with Crippen LogP contribution in [0.1, 0.15) is 33.8 Å². The van der Waals surface area contributed by atoms with E-state index in [0.717, 1.165) is 33.0 Å². The average Bonchev–Trinajstić information content (AvgIpc) is 3.35. The van der Waals surface area contributed by atoms with Crippen molar-refractivity contribution in [1.82, 2.24) is 19.9 Å². The summed E-state index contributed by atoms with van der Waals surface area (Å²) in [5.41, 5.74) is 2.34. The lowest BCUT2D eigenvalue weighted by atomic mass is 10.1. The molecule has 1 saturated heterocycles. The number of aromatic nitrogens is 4. The summed E-state index contributed by atoms with van der Waals surface area (Å²) in [4.78, 5) is 35.2. The van der Waals surface area contributed by atoms with Crippen LogP contribution in [0.3, 0.4) is 0 Å². The molecule has 1 unspecified atom stereocenters. The second-order valence-electron chi connectivity index (χ2n) is 8.56. The minimum absolute atomic E-state index is 0.0548. The predicted octanol–water partition coefficient (Wildman–Crippen LogP) is 3.88. The van der Waals surface area contributed by atoms with E-state index in [0.29, 0.717) is 43.8 Å². The molecule has 0 aliphatic carbocycles. The van der Waals surface area contributed by atoms with Crippen LogP contribution in [0.5, 0.6) is 5.75 Å². The molecule has 0 bridgehead atoms. The van der Waals surface area contributed by atoms with Crippen molar-refractivity contribution in [2.75, 3.05) is 50.3 Å². The molecule has 0 amide bonds. The van der Waals surface area contributed by atoms with E-state index in [1.54, 1.807) is 25.4 Å². The van der Waals surface area contributed by atoms with Crippen LogP contribution >= 0.6 is 11.3 Å². The number of fused-ring (bicyclic) bond motifs is 1. The third-order valence-corrected chi connectivity index (χ3v) is 7.07. The van der Waals surface area contributed by atoms with Gasteiger partial charge in [0.1, 0.15) is 11.9 Å². The third kappa shape index (κ3) is 5.62. The summed E-state index contributed by atoms with van der Waals surface area (Å²) >= 11 is 1.64. The number of methoxy groups -OCH3 is 1. The number of anilines is 2. The minimum atomic E-state index is -0.425. The Balaban J connectivity index is 1.26. The largest absolute Gasteiger partial charge is 0.497 e. The lowest BCUT2D eigenvalue weighted by molar-refractivity contribution is 0.0392. The molecule has 11 heteroatoms. The first-order valence-corrected chi connectivity index (χ1v) is 12.8. The SMILES string of the molecule is CCOC(=O)c1cnc(N(C)Cc2cc3nc(N4CCOC(c5ccc(OC)cc5)C4)ncc3s2)nc1. The van der Waals surface area contributed by atoms with Gasteiger partial charge in [-0.05, 0) is 30.7 Å². The van der Waals surface area contributed by atoms with Crippen LogP contribution < -0.4 is 14.5 Å². The molecule has 1 fully saturated rings. The molecule has 10 nitrogen and oxygen atoms in total. The van der Waals surface area contributed by atoms with Gasteiger partial charge in [0, 0.05) is 30.9 Å². The summed E-state index contributed by atoms with van der Waals surface area (Å²) in [5.74, 6) is 1.62. The van der Waals surface area contributed by atoms with Crippen molar-refractivity contribution < 1.29 is 19.0 Å². The molecule has 1 aromatic carbocycles. The lowest BCUT2D eigenvalue weighted by Gasteiger charge is -2.33. The van der Waals surface area contributed by atoms with Crippen LogP contribution in [0, 0.1) is 0 Å². The number of carbonyl (C=O) groups is 1. The van der Waals surface area contributed by atoms with Gasteiger partial charge in [0.05, 0.1) is 55.4 Å². The fourth-order valence-corrected chi connectivity index (χ4v) is 5.13. The number of carbonyl (C=O) groups excluding carboxylic acids is 1. The highest BCUT2D eigenvalue weighted by Crippen LogP contribution is 2.29. The number of nitrogens with zero attached hydrogens (tertiary/aromatic N) is 6. The van der Waals surface area contributed by atoms with Gasteiger partial charge in [0.2, 0.25) is 11.9 Å². The second kappa shape index (κ2) is 11.1. The van der Waals surface area contributed by atoms with Crippen molar-refractivity contribution in [3.8, 4) is 5.75 Å². The molecule has 1 aliphatic rings. The molecule has 3 aromatic heterocycles. The van der Waals surface area contributed by atoms with Crippen molar-refractivity contribution in [3.63, 3.8) is 0 Å². The maximum Gasteiger partial charge on any atom is 0.341 e. The number of hydrogen-bond donors (Lipinski definition) is 0. The number of esters is 1. The third-order valence-electron chi connectivity index (χ3n) is 6.03. The Morgan fingerprint density at radius 2 is 1.97 bits per heavy atom. The van der Waals surface area contributed by atoms with Crippen LogP contribution in [-0.4, -0.2) is 66.4 Å². The molecule has 0 N–H and O–H groups in total. The van der Waals surface area contributed by atoms with Gasteiger partial charge in [0.25, 0.3) is 0 Å². The summed E-state index contributed by atoms with van der Waals surface area (Å²) < 4.78 is 17.3. The summed E-state index contributed by atoms with van der Waals surface area (Å²) in [6, 6.07) is 10.0. The van der Waals surface area contributed by atoms with Crippen molar-refractivity contribution >= 4 is 39.4 Å². The normalized spacial score (nSPS) is 15.5. The molecule has 0 spiro atoms. The highest BCUT2D eigenvalue weighted by atomic mass is 32.1. The summed E-state index contributed by atoms with van der Waals surface area (Å²) in [6.45, 7) is 4.69. The van der Waals surface area contributed by atoms with Crippen molar-refractivity contribution in [3.05, 3.63) is 64.9 Å². The zero-order valence-electron chi connectivity index (χ0n) is 21.0. The van der Waals surface area contributed by atoms with Gasteiger partial charge < -0.3 is 24.0 Å². The number of benzene rings is 1. The minimum Gasteiger partial charge on any atom is -0.497 e. The van der Waals surface area contributed by atoms with Gasteiger partial charge in [-0.3, -0.25) is 0 Å². The zero-order valence-corrected chi connectivity index (χ0v) is 21.8. The first-order valence-electron chi connectivity index (χ1n) is 12.0. The van der Waals surface area contributed by atoms with Crippen LogP contribution in [0.2, 0.25) is 0 Å². The monoisotopic (exact) mass is 520 g/mol. The summed E-state index contributed by atoms with van der Waals surface area (Å²) in [5, 5.41) is 0. The molecule has 5 rings (SSSR count). The maximum absolute atomic E-state index is 11.8. The molecule has 1 atom stereocenters. The summed E-state index contributed by atoms with van der Waals surface area (Å²) in [7, 11) is 3.57. The van der Waals surface area contributed by atoms with Crippen LogP contribution in [0.15, 0.2) is 48.9 Å². The topological polar surface area (TPSA) is 103 Å². The predicted molar refractivity (Wildman–Crippen MR) is 141 cm³/mol. The van der Waals surface area contributed by atoms with E-state index in [2.05, 4.69) is 25.9 Å². The van der Waals surface area contributed by atoms with Crippen molar-refractivity contribution in [2.24, 2.45) is 0 Å². The van der Waals surface area contributed by atoms with E-state index < -0.39 is 5.97 Å². The number of thiophene rings is 1. The van der Waals surface area contributed by atoms with Crippen LogP contribution in [0.25, 0.3) is 10.2 Å². The first-order chi connectivity index (χ1) is 18.0. The van der Waals surface area contributed by atoms with Crippen molar-refractivity contribution in [1.29, 1.82) is 0 Å². The van der Waals surface area contributed by atoms with E-state index >= 15 is 0 Å². The van der Waals surface area contributed by atoms with Gasteiger partial charge in [-0.2, -0.15) is 0 Å². The molecule has 4 heterocycles. The maximum atomic E-state index is 11.8. The second-order valence-corrected chi connectivity index (χ2v) is 9.73. The molecular weight excluding hydrogens is 492 g/mol. The Morgan fingerprint density at radius 3 is 2.70 bits per heavy atom. The lowest BCUT2D eigenvalue weighted by Crippen LogP contribution is -2.39. The molecule has 192 valence electrons. The van der Waals surface area contributed by atoms with Crippen LogP contribution in [-0.2, 0) is 16.0 Å². The van der Waals surface area contributed by atoms with Gasteiger partial charge in [-0.1, -0.05) is 12.1 Å². The van der Waals surface area contributed by atoms with E-state index in [9.17, 15) is 4.79 Å². The fraction of sp³-hybridized carbons (Fsp3) is 0.346. The zero-order chi connectivity index (χ0) is 25.8. The fourth-order valence-electron chi connectivity index (χ4n) is 4.10. The van der Waals surface area contributed by atoms with Gasteiger partial charge in [0.15, 0.2) is 0 Å². The van der Waals surface area contributed by atoms with Gasteiger partial charge in [-0.15, -0.1) is 11.3 Å². The first kappa shape index (κ1) is 24.8. The number of morpholine rings is 1. The standard InChI is InChI=1S/C26H28N6O4S/c1-4-35-24(33)18-12-27-25(28-13-18)31(2)15-20-11-21-23(37-20)14-29-26(30-21)32-9-10-36-22(16-32)17-5-7-19(34-3)8-6-17/h5-8,11-14,22H,4,9-10,15-16H2,1-3H3. The average molecular weight is 521 g/mol. The Hall–Kier alpha value is -3.83. The van der Waals surface area contributed by atoms with Gasteiger partial charge in [-0.25, -0.2) is 24.7 Å². The Morgan fingerprint density at radius 1 is 1.19 bits per heavy atom. The number of ether oxygens (including phenoxy) is 3. The Kier molecular flexibility index (Phi) is 7.42. The Labute approximate surface area is 218 Å². The van der Waals surface area contributed by atoms with Gasteiger partial charge >= 0.3 is 5.97 Å². The number of hydrogen-bond acceptors (Lipinski definition) is 11. The van der Waals surface area contributed by atoms with E-state index in [-0.39, 0.29) is 6.10 Å². The Bertz CT molecular complexity index is 1360. The molecular formula is C26H28N6O4S. The molecule has 1 aliphatic heterocycles. The molecule has 37 heavy (non-hydrogen) atoms. The van der Waals surface area contributed by atoms with E-state index in [4.69, 9.17) is 19.2 Å².